The summed E-state index contributed by atoms with van der Waals surface area (Å²) in [5, 5.41) is 2.85. The van der Waals surface area contributed by atoms with Gasteiger partial charge in [-0.25, -0.2) is 4.79 Å². The summed E-state index contributed by atoms with van der Waals surface area (Å²) >= 11 is 0. The molecule has 0 aromatic heterocycles. The molecule has 0 saturated carbocycles. The summed E-state index contributed by atoms with van der Waals surface area (Å²) in [7, 11) is 1.77. The molecule has 1 aromatic rings. The zero-order chi connectivity index (χ0) is 13.1. The molecule has 1 aliphatic rings. The molecule has 5 nitrogen and oxygen atoms in total. The number of rotatable bonds is 3. The van der Waals surface area contributed by atoms with E-state index < -0.39 is 0 Å². The summed E-state index contributed by atoms with van der Waals surface area (Å²) < 4.78 is 10.5. The predicted octanol–water partition coefficient (Wildman–Crippen LogP) is 1.97. The van der Waals surface area contributed by atoms with E-state index >= 15 is 0 Å². The van der Waals surface area contributed by atoms with Crippen molar-refractivity contribution in [3.63, 3.8) is 0 Å². The number of ether oxygens (including phenoxy) is 2. The number of benzene rings is 1. The lowest BCUT2D eigenvalue weighted by Crippen LogP contribution is -2.40. The second-order valence-corrected chi connectivity index (χ2v) is 4.65. The number of carbonyl (C=O) groups is 1. The Morgan fingerprint density at radius 3 is 2.83 bits per heavy atom. The molecule has 0 unspecified atom stereocenters. The van der Waals surface area contributed by atoms with E-state index in [4.69, 9.17) is 9.47 Å². The van der Waals surface area contributed by atoms with Crippen LogP contribution < -0.4 is 14.8 Å². The standard InChI is InChI=1S/C13H18N2O3/c1-9(2)14-13(16)15(3)7-10-4-5-11-12(6-10)18-8-17-11/h4-6,9H,7-8H2,1-3H3,(H,14,16). The molecule has 1 aromatic carbocycles. The minimum absolute atomic E-state index is 0.0809. The average molecular weight is 250 g/mol. The maximum Gasteiger partial charge on any atom is 0.317 e. The van der Waals surface area contributed by atoms with Crippen molar-refractivity contribution in [2.24, 2.45) is 0 Å². The molecule has 1 N–H and O–H groups in total. The Hall–Kier alpha value is -1.91. The number of hydrogen-bond donors (Lipinski definition) is 1. The molecule has 5 heteroatoms. The van der Waals surface area contributed by atoms with Crippen molar-refractivity contribution in [2.45, 2.75) is 26.4 Å². The number of fused-ring (bicyclic) bond motifs is 1. The topological polar surface area (TPSA) is 50.8 Å². The second-order valence-electron chi connectivity index (χ2n) is 4.65. The van der Waals surface area contributed by atoms with E-state index in [1.807, 2.05) is 32.0 Å². The fraction of sp³-hybridized carbons (Fsp3) is 0.462. The van der Waals surface area contributed by atoms with Gasteiger partial charge in [-0.3, -0.25) is 0 Å². The van der Waals surface area contributed by atoms with Gasteiger partial charge < -0.3 is 19.7 Å². The average Bonchev–Trinajstić information content (AvgIpc) is 2.75. The number of nitrogens with zero attached hydrogens (tertiary/aromatic N) is 1. The second kappa shape index (κ2) is 5.16. The highest BCUT2D eigenvalue weighted by molar-refractivity contribution is 5.74. The molecule has 1 heterocycles. The van der Waals surface area contributed by atoms with E-state index in [0.29, 0.717) is 6.54 Å². The smallest absolute Gasteiger partial charge is 0.317 e. The maximum atomic E-state index is 11.8. The Balaban J connectivity index is 1.99. The largest absolute Gasteiger partial charge is 0.454 e. The van der Waals surface area contributed by atoms with Gasteiger partial charge in [-0.1, -0.05) is 6.07 Å². The van der Waals surface area contributed by atoms with Crippen LogP contribution in [0.25, 0.3) is 0 Å². The number of nitrogens with one attached hydrogen (secondary N) is 1. The van der Waals surface area contributed by atoms with Crippen molar-refractivity contribution in [2.75, 3.05) is 13.8 Å². The van der Waals surface area contributed by atoms with E-state index in [2.05, 4.69) is 5.32 Å². The minimum atomic E-state index is -0.0809. The number of hydrogen-bond acceptors (Lipinski definition) is 3. The quantitative estimate of drug-likeness (QED) is 0.892. The van der Waals surface area contributed by atoms with Crippen LogP contribution in [0.3, 0.4) is 0 Å². The molecule has 0 radical (unpaired) electrons. The highest BCUT2D eigenvalue weighted by Gasteiger charge is 2.15. The minimum Gasteiger partial charge on any atom is -0.454 e. The van der Waals surface area contributed by atoms with Crippen LogP contribution in [0.1, 0.15) is 19.4 Å². The predicted molar refractivity (Wildman–Crippen MR) is 67.7 cm³/mol. The lowest BCUT2D eigenvalue weighted by molar-refractivity contribution is 0.174. The van der Waals surface area contributed by atoms with Gasteiger partial charge in [0, 0.05) is 19.6 Å². The van der Waals surface area contributed by atoms with E-state index in [1.165, 1.54) is 0 Å². The lowest BCUT2D eigenvalue weighted by atomic mass is 10.2. The molecule has 2 amide bonds. The van der Waals surface area contributed by atoms with Gasteiger partial charge in [-0.15, -0.1) is 0 Å². The van der Waals surface area contributed by atoms with E-state index in [-0.39, 0.29) is 18.9 Å². The zero-order valence-electron chi connectivity index (χ0n) is 10.9. The molecule has 18 heavy (non-hydrogen) atoms. The number of amides is 2. The van der Waals surface area contributed by atoms with Gasteiger partial charge in [0.1, 0.15) is 0 Å². The van der Waals surface area contributed by atoms with Gasteiger partial charge in [-0.05, 0) is 31.5 Å². The molecule has 0 atom stereocenters. The first-order chi connectivity index (χ1) is 8.56. The molecular formula is C13H18N2O3. The molecule has 1 aliphatic heterocycles. The van der Waals surface area contributed by atoms with Gasteiger partial charge in [-0.2, -0.15) is 0 Å². The highest BCUT2D eigenvalue weighted by atomic mass is 16.7. The van der Waals surface area contributed by atoms with Crippen molar-refractivity contribution >= 4 is 6.03 Å². The SMILES string of the molecule is CC(C)NC(=O)N(C)Cc1ccc2c(c1)OCO2. The van der Waals surface area contributed by atoms with Crippen LogP contribution in [-0.4, -0.2) is 30.8 Å². The van der Waals surface area contributed by atoms with E-state index in [0.717, 1.165) is 17.1 Å². The first-order valence-corrected chi connectivity index (χ1v) is 5.96. The Morgan fingerprint density at radius 2 is 2.11 bits per heavy atom. The van der Waals surface area contributed by atoms with Crippen molar-refractivity contribution in [1.82, 2.24) is 10.2 Å². The first-order valence-electron chi connectivity index (χ1n) is 5.96. The third-order valence-corrected chi connectivity index (χ3v) is 2.62. The molecule has 0 fully saturated rings. The van der Waals surface area contributed by atoms with Crippen molar-refractivity contribution in [3.8, 4) is 11.5 Å². The zero-order valence-corrected chi connectivity index (χ0v) is 10.9. The Kier molecular flexibility index (Phi) is 3.60. The summed E-state index contributed by atoms with van der Waals surface area (Å²) in [4.78, 5) is 13.4. The molecule has 0 bridgehead atoms. The fourth-order valence-corrected chi connectivity index (χ4v) is 1.74. The summed E-state index contributed by atoms with van der Waals surface area (Å²) in [6.07, 6.45) is 0. The van der Waals surface area contributed by atoms with Crippen molar-refractivity contribution < 1.29 is 14.3 Å². The molecule has 2 rings (SSSR count). The van der Waals surface area contributed by atoms with Crippen LogP contribution >= 0.6 is 0 Å². The molecule has 0 aliphatic carbocycles. The highest BCUT2D eigenvalue weighted by Crippen LogP contribution is 2.32. The van der Waals surface area contributed by atoms with Crippen LogP contribution in [0.4, 0.5) is 4.79 Å². The van der Waals surface area contributed by atoms with E-state index in [9.17, 15) is 4.79 Å². The van der Waals surface area contributed by atoms with Gasteiger partial charge in [0.2, 0.25) is 6.79 Å². The van der Waals surface area contributed by atoms with Crippen LogP contribution in [0.5, 0.6) is 11.5 Å². The van der Waals surface area contributed by atoms with Crippen LogP contribution in [0.2, 0.25) is 0 Å². The summed E-state index contributed by atoms with van der Waals surface area (Å²) in [5.74, 6) is 1.50. The Labute approximate surface area is 107 Å². The third kappa shape index (κ3) is 2.85. The Bertz CT molecular complexity index is 446. The molecule has 98 valence electrons. The number of urea groups is 1. The first kappa shape index (κ1) is 12.5. The normalized spacial score (nSPS) is 12.7. The van der Waals surface area contributed by atoms with Crippen LogP contribution in [0.15, 0.2) is 18.2 Å². The van der Waals surface area contributed by atoms with E-state index in [1.54, 1.807) is 11.9 Å². The summed E-state index contributed by atoms with van der Waals surface area (Å²) in [6.45, 7) is 4.68. The van der Waals surface area contributed by atoms with Crippen LogP contribution in [0, 0.1) is 0 Å². The van der Waals surface area contributed by atoms with Gasteiger partial charge in [0.25, 0.3) is 0 Å². The summed E-state index contributed by atoms with van der Waals surface area (Å²) in [5.41, 5.74) is 1.01. The lowest BCUT2D eigenvalue weighted by Gasteiger charge is -2.19. The van der Waals surface area contributed by atoms with Crippen molar-refractivity contribution in [3.05, 3.63) is 23.8 Å². The number of carbonyl (C=O) groups excluding carboxylic acids is 1. The molecule has 0 saturated heterocycles. The maximum absolute atomic E-state index is 11.8. The summed E-state index contributed by atoms with van der Waals surface area (Å²) in [6, 6.07) is 5.76. The van der Waals surface area contributed by atoms with Gasteiger partial charge in [0.05, 0.1) is 0 Å². The van der Waals surface area contributed by atoms with Crippen molar-refractivity contribution in [1.29, 1.82) is 0 Å². The van der Waals surface area contributed by atoms with Gasteiger partial charge in [0.15, 0.2) is 11.5 Å². The Morgan fingerprint density at radius 1 is 1.39 bits per heavy atom. The molecule has 0 spiro atoms. The van der Waals surface area contributed by atoms with Gasteiger partial charge >= 0.3 is 6.03 Å². The monoisotopic (exact) mass is 250 g/mol. The third-order valence-electron chi connectivity index (χ3n) is 2.62. The fourth-order valence-electron chi connectivity index (χ4n) is 1.74. The van der Waals surface area contributed by atoms with Crippen LogP contribution in [-0.2, 0) is 6.54 Å². The molecular weight excluding hydrogens is 232 g/mol.